The third-order valence-corrected chi connectivity index (χ3v) is 7.30. The van der Waals surface area contributed by atoms with E-state index < -0.39 is 0 Å². The average Bonchev–Trinajstić information content (AvgIpc) is 3.33. The van der Waals surface area contributed by atoms with Crippen LogP contribution in [0.5, 0.6) is 5.75 Å². The van der Waals surface area contributed by atoms with Crippen LogP contribution in [-0.2, 0) is 4.79 Å². The molecule has 1 fully saturated rings. The molecule has 0 saturated carbocycles. The van der Waals surface area contributed by atoms with E-state index >= 15 is 0 Å². The van der Waals surface area contributed by atoms with E-state index in [1.165, 1.54) is 6.08 Å². The van der Waals surface area contributed by atoms with E-state index in [1.54, 1.807) is 18.4 Å². The molecule has 0 bridgehead atoms. The number of carbonyl (C=O) groups excluding carboxylic acids is 1. The number of hydrogen-bond acceptors (Lipinski definition) is 7. The van der Waals surface area contributed by atoms with E-state index in [0.717, 1.165) is 76.2 Å². The molecule has 0 unspecified atom stereocenters. The number of fused-ring (bicyclic) bond motifs is 1. The van der Waals surface area contributed by atoms with Crippen molar-refractivity contribution in [3.63, 3.8) is 0 Å². The van der Waals surface area contributed by atoms with E-state index in [-0.39, 0.29) is 5.91 Å². The zero-order valence-electron chi connectivity index (χ0n) is 20.5. The second kappa shape index (κ2) is 10.4. The van der Waals surface area contributed by atoms with Crippen LogP contribution in [0.3, 0.4) is 0 Å². The third-order valence-electron chi connectivity index (χ3n) is 6.36. The van der Waals surface area contributed by atoms with Gasteiger partial charge in [-0.05, 0) is 55.1 Å². The summed E-state index contributed by atoms with van der Waals surface area (Å²) in [6.07, 6.45) is 1.26. The van der Waals surface area contributed by atoms with Crippen LogP contribution in [-0.4, -0.2) is 56.1 Å². The lowest BCUT2D eigenvalue weighted by Gasteiger charge is -2.34. The number of hydrogen-bond donors (Lipinski definition) is 2. The van der Waals surface area contributed by atoms with Crippen molar-refractivity contribution in [2.75, 3.05) is 55.9 Å². The molecular formula is C28H29N5O2S. The Morgan fingerprint density at radius 2 is 1.94 bits per heavy atom. The van der Waals surface area contributed by atoms with Crippen LogP contribution < -0.4 is 20.3 Å². The number of carbonyl (C=O) groups is 1. The molecule has 36 heavy (non-hydrogen) atoms. The summed E-state index contributed by atoms with van der Waals surface area (Å²) in [5, 5.41) is 8.36. The molecule has 2 aromatic carbocycles. The summed E-state index contributed by atoms with van der Waals surface area (Å²) in [6.45, 7) is 7.63. The highest BCUT2D eigenvalue weighted by Gasteiger charge is 2.17. The molecule has 1 aliphatic rings. The average molecular weight is 500 g/mol. The van der Waals surface area contributed by atoms with Crippen molar-refractivity contribution in [3.8, 4) is 16.9 Å². The lowest BCUT2D eigenvalue weighted by atomic mass is 10.1. The van der Waals surface area contributed by atoms with Crippen LogP contribution in [0.2, 0.25) is 0 Å². The fourth-order valence-corrected chi connectivity index (χ4v) is 5.23. The maximum atomic E-state index is 11.7. The van der Waals surface area contributed by atoms with Gasteiger partial charge in [-0.15, -0.1) is 11.3 Å². The van der Waals surface area contributed by atoms with Crippen molar-refractivity contribution in [1.82, 2.24) is 9.88 Å². The lowest BCUT2D eigenvalue weighted by Crippen LogP contribution is -2.44. The van der Waals surface area contributed by atoms with Gasteiger partial charge in [-0.2, -0.15) is 0 Å². The maximum absolute atomic E-state index is 11.7. The van der Waals surface area contributed by atoms with E-state index in [2.05, 4.69) is 63.7 Å². The summed E-state index contributed by atoms with van der Waals surface area (Å²) in [5.74, 6) is 1.29. The normalized spacial score (nSPS) is 14.0. The number of aromatic nitrogens is 1. The molecule has 0 radical (unpaired) electrons. The molecular weight excluding hydrogens is 470 g/mol. The van der Waals surface area contributed by atoms with E-state index in [1.807, 2.05) is 30.3 Å². The number of rotatable bonds is 7. The molecule has 2 aromatic heterocycles. The first-order chi connectivity index (χ1) is 17.5. The Kier molecular flexibility index (Phi) is 6.88. The minimum atomic E-state index is -0.237. The highest BCUT2D eigenvalue weighted by atomic mass is 32.1. The van der Waals surface area contributed by atoms with Gasteiger partial charge in [0.25, 0.3) is 0 Å². The number of thiophene rings is 1. The Hall–Kier alpha value is -3.88. The molecule has 7 nitrogen and oxygen atoms in total. The summed E-state index contributed by atoms with van der Waals surface area (Å²) < 4.78 is 6.81. The van der Waals surface area contributed by atoms with Gasteiger partial charge in [-0.1, -0.05) is 18.7 Å². The molecule has 2 N–H and O–H groups in total. The van der Waals surface area contributed by atoms with Crippen LogP contribution in [0.1, 0.15) is 0 Å². The number of piperazine rings is 1. The fourth-order valence-electron chi connectivity index (χ4n) is 4.33. The van der Waals surface area contributed by atoms with E-state index in [0.29, 0.717) is 0 Å². The molecule has 1 amide bonds. The van der Waals surface area contributed by atoms with Gasteiger partial charge in [0.05, 0.1) is 23.0 Å². The van der Waals surface area contributed by atoms with Gasteiger partial charge in [-0.3, -0.25) is 4.79 Å². The molecule has 1 aliphatic heterocycles. The van der Waals surface area contributed by atoms with Crippen molar-refractivity contribution in [3.05, 3.63) is 72.6 Å². The number of ether oxygens (including phenoxy) is 1. The topological polar surface area (TPSA) is 69.7 Å². The van der Waals surface area contributed by atoms with Crippen molar-refractivity contribution in [2.45, 2.75) is 0 Å². The Morgan fingerprint density at radius 1 is 1.11 bits per heavy atom. The van der Waals surface area contributed by atoms with Crippen molar-refractivity contribution < 1.29 is 9.53 Å². The zero-order chi connectivity index (χ0) is 25.1. The van der Waals surface area contributed by atoms with Gasteiger partial charge in [0.2, 0.25) is 5.91 Å². The first kappa shape index (κ1) is 23.8. The summed E-state index contributed by atoms with van der Waals surface area (Å²) in [6, 6.07) is 18.1. The molecule has 3 heterocycles. The zero-order valence-corrected chi connectivity index (χ0v) is 21.3. The number of pyridine rings is 1. The smallest absolute Gasteiger partial charge is 0.247 e. The minimum Gasteiger partial charge on any atom is -0.494 e. The number of anilines is 4. The molecule has 1 saturated heterocycles. The number of nitrogens with zero attached hydrogens (tertiary/aromatic N) is 3. The highest BCUT2D eigenvalue weighted by molar-refractivity contribution is 7.17. The summed E-state index contributed by atoms with van der Waals surface area (Å²) >= 11 is 1.65. The van der Waals surface area contributed by atoms with Gasteiger partial charge in [0.15, 0.2) is 0 Å². The molecule has 0 aliphatic carbocycles. The van der Waals surface area contributed by atoms with Gasteiger partial charge >= 0.3 is 0 Å². The fraction of sp³-hybridized carbons (Fsp3) is 0.214. The maximum Gasteiger partial charge on any atom is 0.247 e. The van der Waals surface area contributed by atoms with Crippen molar-refractivity contribution >= 4 is 50.3 Å². The number of nitrogens with one attached hydrogen (secondary N) is 2. The van der Waals surface area contributed by atoms with E-state index in [9.17, 15) is 4.79 Å². The first-order valence-electron chi connectivity index (χ1n) is 11.8. The van der Waals surface area contributed by atoms with Gasteiger partial charge in [0.1, 0.15) is 11.6 Å². The van der Waals surface area contributed by atoms with Crippen LogP contribution in [0.4, 0.5) is 22.9 Å². The highest BCUT2D eigenvalue weighted by Crippen LogP contribution is 2.36. The van der Waals surface area contributed by atoms with Gasteiger partial charge in [-0.25, -0.2) is 4.98 Å². The van der Waals surface area contributed by atoms with Crippen molar-refractivity contribution in [2.24, 2.45) is 0 Å². The summed E-state index contributed by atoms with van der Waals surface area (Å²) in [7, 11) is 3.85. The standard InChI is InChI=1S/C28H29N5O2S/c1-4-27(34)29-20-7-5-6-19(16-20)22-18-36-25-10-11-26(31-28(22)25)30-23-9-8-21(17-24(23)35-3)33-14-12-32(2)13-15-33/h4-11,16-18H,1,12-15H2,2-3H3,(H,29,34)(H,30,31). The van der Waals surface area contributed by atoms with Gasteiger partial charge in [0, 0.05) is 54.6 Å². The number of likely N-dealkylation sites (N-methyl/N-ethyl adjacent to an activating group) is 1. The number of amides is 1. The molecule has 0 spiro atoms. The Morgan fingerprint density at radius 3 is 2.72 bits per heavy atom. The van der Waals surface area contributed by atoms with Crippen molar-refractivity contribution in [1.29, 1.82) is 0 Å². The monoisotopic (exact) mass is 499 g/mol. The summed E-state index contributed by atoms with van der Waals surface area (Å²) in [5.41, 5.74) is 5.67. The lowest BCUT2D eigenvalue weighted by molar-refractivity contribution is -0.111. The molecule has 0 atom stereocenters. The Balaban J connectivity index is 1.41. The SMILES string of the molecule is C=CC(=O)Nc1cccc(-c2csc3ccc(Nc4ccc(N5CCN(C)CC5)cc4OC)nc23)c1. The summed E-state index contributed by atoms with van der Waals surface area (Å²) in [4.78, 5) is 21.4. The number of methoxy groups -OCH3 is 1. The predicted octanol–water partition coefficient (Wildman–Crippen LogP) is 5.59. The van der Waals surface area contributed by atoms with Crippen LogP contribution in [0.15, 0.2) is 72.6 Å². The molecule has 5 rings (SSSR count). The molecule has 4 aromatic rings. The van der Waals surface area contributed by atoms with Crippen LogP contribution in [0.25, 0.3) is 21.3 Å². The molecule has 184 valence electrons. The second-order valence-corrected chi connectivity index (χ2v) is 9.68. The Bertz CT molecular complexity index is 1410. The first-order valence-corrected chi connectivity index (χ1v) is 12.7. The second-order valence-electron chi connectivity index (χ2n) is 8.77. The third kappa shape index (κ3) is 5.05. The quantitative estimate of drug-likeness (QED) is 0.323. The van der Waals surface area contributed by atoms with Crippen LogP contribution in [0, 0.1) is 0 Å². The Labute approximate surface area is 215 Å². The van der Waals surface area contributed by atoms with Crippen LogP contribution >= 0.6 is 11.3 Å². The molecule has 8 heteroatoms. The predicted molar refractivity (Wildman–Crippen MR) is 150 cm³/mol. The minimum absolute atomic E-state index is 0.237. The van der Waals surface area contributed by atoms with Gasteiger partial charge < -0.3 is 25.2 Å². The number of benzene rings is 2. The van der Waals surface area contributed by atoms with E-state index in [4.69, 9.17) is 9.72 Å². The largest absolute Gasteiger partial charge is 0.494 e.